The van der Waals surface area contributed by atoms with Crippen LogP contribution in [0.4, 0.5) is 5.82 Å². The molecular formula is C24H33N5O. The van der Waals surface area contributed by atoms with Crippen LogP contribution in [0.15, 0.2) is 42.9 Å². The lowest BCUT2D eigenvalue weighted by Gasteiger charge is -2.33. The van der Waals surface area contributed by atoms with Gasteiger partial charge in [0.2, 0.25) is 0 Å². The van der Waals surface area contributed by atoms with Gasteiger partial charge in [0.15, 0.2) is 0 Å². The van der Waals surface area contributed by atoms with Gasteiger partial charge in [-0.2, -0.15) is 5.10 Å². The van der Waals surface area contributed by atoms with Crippen LogP contribution in [0.1, 0.15) is 26.7 Å². The molecule has 6 heteroatoms. The topological polar surface area (TPSA) is 55.2 Å². The molecule has 0 unspecified atom stereocenters. The number of benzene rings is 1. The van der Waals surface area contributed by atoms with E-state index in [9.17, 15) is 0 Å². The van der Waals surface area contributed by atoms with E-state index in [-0.39, 0.29) is 0 Å². The molecule has 0 radical (unpaired) electrons. The van der Waals surface area contributed by atoms with E-state index in [1.165, 1.54) is 25.9 Å². The Morgan fingerprint density at radius 3 is 2.87 bits per heavy atom. The Labute approximate surface area is 179 Å². The average molecular weight is 408 g/mol. The number of aryl methyl sites for hydroxylation is 1. The number of piperidine rings is 1. The Kier molecular flexibility index (Phi) is 6.65. The highest BCUT2D eigenvalue weighted by atomic mass is 16.5. The molecule has 6 nitrogen and oxygen atoms in total. The van der Waals surface area contributed by atoms with Gasteiger partial charge in [0.05, 0.1) is 12.8 Å². The Balaban J connectivity index is 1.30. The Morgan fingerprint density at radius 2 is 2.07 bits per heavy atom. The van der Waals surface area contributed by atoms with Crippen molar-refractivity contribution in [3.8, 4) is 11.1 Å². The number of pyridine rings is 1. The van der Waals surface area contributed by atoms with Crippen molar-refractivity contribution in [1.82, 2.24) is 19.7 Å². The smallest absolute Gasteiger partial charge is 0.128 e. The van der Waals surface area contributed by atoms with Gasteiger partial charge in [-0.05, 0) is 54.3 Å². The van der Waals surface area contributed by atoms with E-state index in [0.29, 0.717) is 12.6 Å². The first-order valence-corrected chi connectivity index (χ1v) is 11.0. The largest absolute Gasteiger partial charge is 0.361 e. The minimum absolute atomic E-state index is 0.488. The van der Waals surface area contributed by atoms with Crippen LogP contribution in [0.2, 0.25) is 0 Å². The van der Waals surface area contributed by atoms with E-state index in [1.54, 1.807) is 0 Å². The van der Waals surface area contributed by atoms with Crippen LogP contribution < -0.4 is 5.32 Å². The number of hydrogen-bond acceptors (Lipinski definition) is 5. The molecule has 1 aliphatic rings. The van der Waals surface area contributed by atoms with Gasteiger partial charge >= 0.3 is 0 Å². The van der Waals surface area contributed by atoms with Gasteiger partial charge in [0.1, 0.15) is 12.5 Å². The van der Waals surface area contributed by atoms with Crippen LogP contribution in [0.3, 0.4) is 0 Å². The van der Waals surface area contributed by atoms with Gasteiger partial charge < -0.3 is 15.0 Å². The van der Waals surface area contributed by atoms with Crippen molar-refractivity contribution in [3.63, 3.8) is 0 Å². The van der Waals surface area contributed by atoms with Crippen molar-refractivity contribution in [1.29, 1.82) is 0 Å². The molecule has 0 saturated carbocycles. The predicted molar refractivity (Wildman–Crippen MR) is 122 cm³/mol. The zero-order chi connectivity index (χ0) is 20.9. The molecule has 3 aromatic rings. The maximum absolute atomic E-state index is 5.95. The lowest BCUT2D eigenvalue weighted by atomic mass is 9.98. The fourth-order valence-corrected chi connectivity index (χ4v) is 4.31. The van der Waals surface area contributed by atoms with Crippen molar-refractivity contribution in [2.45, 2.75) is 26.7 Å². The number of aromatic nitrogens is 3. The summed E-state index contributed by atoms with van der Waals surface area (Å²) in [5.41, 5.74) is 2.28. The number of nitrogens with zero attached hydrogens (tertiary/aromatic N) is 4. The van der Waals surface area contributed by atoms with Gasteiger partial charge in [0.25, 0.3) is 0 Å². The van der Waals surface area contributed by atoms with Crippen molar-refractivity contribution in [2.75, 3.05) is 38.3 Å². The fourth-order valence-electron chi connectivity index (χ4n) is 4.31. The van der Waals surface area contributed by atoms with Crippen LogP contribution in [-0.2, 0) is 11.8 Å². The Morgan fingerprint density at radius 1 is 1.17 bits per heavy atom. The molecule has 0 bridgehead atoms. The molecule has 0 aliphatic carbocycles. The van der Waals surface area contributed by atoms with E-state index in [4.69, 9.17) is 4.74 Å². The summed E-state index contributed by atoms with van der Waals surface area (Å²) in [6.45, 7) is 9.46. The molecule has 1 fully saturated rings. The summed E-state index contributed by atoms with van der Waals surface area (Å²) in [7, 11) is 1.94. The van der Waals surface area contributed by atoms with E-state index in [0.717, 1.165) is 46.8 Å². The van der Waals surface area contributed by atoms with Gasteiger partial charge in [-0.15, -0.1) is 0 Å². The number of rotatable bonds is 8. The lowest BCUT2D eigenvalue weighted by Crippen LogP contribution is -2.39. The molecular weight excluding hydrogens is 374 g/mol. The first-order chi connectivity index (χ1) is 14.6. The van der Waals surface area contributed by atoms with Crippen LogP contribution in [0, 0.1) is 11.8 Å². The van der Waals surface area contributed by atoms with Gasteiger partial charge in [-0.3, -0.25) is 4.68 Å². The Hall–Kier alpha value is -2.44. The van der Waals surface area contributed by atoms with E-state index in [2.05, 4.69) is 58.4 Å². The number of ether oxygens (including phenoxy) is 1. The molecule has 160 valence electrons. The zero-order valence-corrected chi connectivity index (χ0v) is 18.3. The second-order valence-electron chi connectivity index (χ2n) is 8.89. The third-order valence-corrected chi connectivity index (χ3v) is 5.70. The first kappa shape index (κ1) is 20.8. The third kappa shape index (κ3) is 5.37. The molecule has 1 saturated heterocycles. The molecule has 4 rings (SSSR count). The van der Waals surface area contributed by atoms with Crippen LogP contribution in [0.25, 0.3) is 21.9 Å². The molecule has 0 amide bonds. The summed E-state index contributed by atoms with van der Waals surface area (Å²) in [5, 5.41) is 9.87. The van der Waals surface area contributed by atoms with Gasteiger partial charge in [-0.1, -0.05) is 26.0 Å². The number of fused-ring (bicyclic) bond motifs is 1. The van der Waals surface area contributed by atoms with E-state index >= 15 is 0 Å². The predicted octanol–water partition coefficient (Wildman–Crippen LogP) is 4.39. The molecule has 0 spiro atoms. The van der Waals surface area contributed by atoms with Gasteiger partial charge in [-0.25, -0.2) is 4.98 Å². The fraction of sp³-hybridized carbons (Fsp3) is 0.500. The van der Waals surface area contributed by atoms with Gasteiger partial charge in [0, 0.05) is 43.5 Å². The summed E-state index contributed by atoms with van der Waals surface area (Å²) < 4.78 is 7.77. The van der Waals surface area contributed by atoms with Crippen LogP contribution in [0.5, 0.6) is 0 Å². The normalized spacial score (nSPS) is 17.7. The maximum atomic E-state index is 5.95. The molecule has 3 heterocycles. The summed E-state index contributed by atoms with van der Waals surface area (Å²) in [5.74, 6) is 2.20. The highest BCUT2D eigenvalue weighted by molar-refractivity contribution is 5.88. The van der Waals surface area contributed by atoms with E-state index in [1.807, 2.05) is 30.3 Å². The third-order valence-electron chi connectivity index (χ3n) is 5.70. The highest BCUT2D eigenvalue weighted by Crippen LogP contribution is 2.25. The molecule has 30 heavy (non-hydrogen) atoms. The molecule has 1 aliphatic heterocycles. The lowest BCUT2D eigenvalue weighted by molar-refractivity contribution is 0.0656. The monoisotopic (exact) mass is 407 g/mol. The maximum Gasteiger partial charge on any atom is 0.128 e. The summed E-state index contributed by atoms with van der Waals surface area (Å²) in [6.07, 6.45) is 8.38. The highest BCUT2D eigenvalue weighted by Gasteiger charge is 2.20. The minimum Gasteiger partial charge on any atom is -0.361 e. The number of hydrogen-bond donors (Lipinski definition) is 1. The van der Waals surface area contributed by atoms with Crippen LogP contribution >= 0.6 is 0 Å². The number of nitrogens with one attached hydrogen (secondary N) is 1. The molecule has 1 atom stereocenters. The number of anilines is 1. The SMILES string of the molecule is CC(C)CN1CCC[C@@H](COCNc2cc3cc(-c4cnn(C)c4)ccc3cn2)C1. The first-order valence-electron chi connectivity index (χ1n) is 11.0. The summed E-state index contributed by atoms with van der Waals surface area (Å²) in [4.78, 5) is 7.11. The van der Waals surface area contributed by atoms with E-state index < -0.39 is 0 Å². The molecule has 1 aromatic carbocycles. The second-order valence-corrected chi connectivity index (χ2v) is 8.89. The average Bonchev–Trinajstić information content (AvgIpc) is 3.17. The van der Waals surface area contributed by atoms with Crippen molar-refractivity contribution in [3.05, 3.63) is 42.9 Å². The van der Waals surface area contributed by atoms with Crippen molar-refractivity contribution in [2.24, 2.45) is 18.9 Å². The number of likely N-dealkylation sites (tertiary alicyclic amines) is 1. The zero-order valence-electron chi connectivity index (χ0n) is 18.3. The standard InChI is InChI=1S/C24H33N5O/c1-18(2)13-29-8-4-5-19(14-29)16-30-17-26-24-10-22-9-20(6-7-21(22)11-25-24)23-12-27-28(3)15-23/h6-7,9-12,15,18-19H,4-5,8,13-14,16-17H2,1-3H3,(H,25,26)/t19-/m1/s1. The van der Waals surface area contributed by atoms with Crippen LogP contribution in [-0.4, -0.2) is 52.6 Å². The van der Waals surface area contributed by atoms with Crippen molar-refractivity contribution < 1.29 is 4.74 Å². The molecule has 2 aromatic heterocycles. The summed E-state index contributed by atoms with van der Waals surface area (Å²) in [6, 6.07) is 8.50. The molecule has 1 N–H and O–H groups in total. The Bertz CT molecular complexity index is 967. The minimum atomic E-state index is 0.488. The summed E-state index contributed by atoms with van der Waals surface area (Å²) >= 11 is 0. The quantitative estimate of drug-likeness (QED) is 0.443. The second kappa shape index (κ2) is 9.58. The van der Waals surface area contributed by atoms with Crippen molar-refractivity contribution >= 4 is 16.6 Å².